The highest BCUT2D eigenvalue weighted by Crippen LogP contribution is 2.42. The minimum atomic E-state index is -0.166. The molecule has 5 nitrogen and oxygen atoms in total. The van der Waals surface area contributed by atoms with Crippen LogP contribution in [0, 0.1) is 0 Å². The number of carbonyl (C=O) groups is 1. The van der Waals surface area contributed by atoms with Crippen LogP contribution in [0.4, 0.5) is 5.69 Å². The second kappa shape index (κ2) is 5.76. The van der Waals surface area contributed by atoms with Gasteiger partial charge in [0.1, 0.15) is 13.2 Å². The van der Waals surface area contributed by atoms with Crippen LogP contribution in [0.15, 0.2) is 30.3 Å². The van der Waals surface area contributed by atoms with Crippen LogP contribution < -0.4 is 19.5 Å². The molecule has 122 valence electrons. The molecule has 2 aliphatic heterocycles. The van der Waals surface area contributed by atoms with Gasteiger partial charge in [-0.15, -0.1) is 0 Å². The summed E-state index contributed by atoms with van der Waals surface area (Å²) in [5.41, 5.74) is 2.89. The van der Waals surface area contributed by atoms with Gasteiger partial charge in [0.05, 0.1) is 12.8 Å². The van der Waals surface area contributed by atoms with Gasteiger partial charge in [0.25, 0.3) is 5.91 Å². The van der Waals surface area contributed by atoms with Crippen molar-refractivity contribution in [3.05, 3.63) is 46.5 Å². The van der Waals surface area contributed by atoms with Crippen LogP contribution >= 0.6 is 11.6 Å². The van der Waals surface area contributed by atoms with E-state index in [2.05, 4.69) is 5.32 Å². The molecule has 0 spiro atoms. The number of hydrogen-bond donors (Lipinski definition) is 1. The van der Waals surface area contributed by atoms with Gasteiger partial charge in [0.15, 0.2) is 11.5 Å². The SMILES string of the molecule is COc1cc(/C=C2\C(=O)Nc3cc(Cl)ccc32)cc2c1OCCO2. The minimum Gasteiger partial charge on any atom is -0.493 e. The highest BCUT2D eigenvalue weighted by Gasteiger charge is 2.25. The van der Waals surface area contributed by atoms with Gasteiger partial charge in [-0.2, -0.15) is 0 Å². The number of methoxy groups -OCH3 is 1. The minimum absolute atomic E-state index is 0.166. The molecule has 0 atom stereocenters. The molecule has 0 fully saturated rings. The molecule has 2 aliphatic rings. The van der Waals surface area contributed by atoms with E-state index in [1.54, 1.807) is 25.3 Å². The van der Waals surface area contributed by atoms with Gasteiger partial charge in [0.2, 0.25) is 5.75 Å². The molecule has 2 aromatic rings. The summed E-state index contributed by atoms with van der Waals surface area (Å²) in [6.45, 7) is 0.971. The van der Waals surface area contributed by atoms with Crippen molar-refractivity contribution in [2.45, 2.75) is 0 Å². The van der Waals surface area contributed by atoms with Crippen molar-refractivity contribution in [2.75, 3.05) is 25.6 Å². The highest BCUT2D eigenvalue weighted by atomic mass is 35.5. The Morgan fingerprint density at radius 1 is 1.21 bits per heavy atom. The molecule has 2 heterocycles. The Balaban J connectivity index is 1.80. The van der Waals surface area contributed by atoms with E-state index in [9.17, 15) is 4.79 Å². The van der Waals surface area contributed by atoms with Crippen LogP contribution in [0.2, 0.25) is 5.02 Å². The standard InChI is InChI=1S/C18H14ClNO4/c1-22-15-7-10(8-16-17(15)24-5-4-23-16)6-13-12-3-2-11(19)9-14(12)20-18(13)21/h2-3,6-9H,4-5H2,1H3,(H,20,21)/b13-6-. The number of rotatable bonds is 2. The van der Waals surface area contributed by atoms with E-state index in [4.69, 9.17) is 25.8 Å². The van der Waals surface area contributed by atoms with Crippen molar-refractivity contribution in [3.63, 3.8) is 0 Å². The van der Waals surface area contributed by atoms with E-state index in [1.165, 1.54) is 0 Å². The van der Waals surface area contributed by atoms with Crippen molar-refractivity contribution in [2.24, 2.45) is 0 Å². The summed E-state index contributed by atoms with van der Waals surface area (Å²) in [5, 5.41) is 3.40. The highest BCUT2D eigenvalue weighted by molar-refractivity contribution is 6.36. The Morgan fingerprint density at radius 3 is 2.88 bits per heavy atom. The molecule has 2 aromatic carbocycles. The van der Waals surface area contributed by atoms with Crippen LogP contribution in [0.3, 0.4) is 0 Å². The summed E-state index contributed by atoms with van der Waals surface area (Å²) in [4.78, 5) is 12.3. The third-order valence-electron chi connectivity index (χ3n) is 3.93. The first-order valence-electron chi connectivity index (χ1n) is 7.46. The predicted octanol–water partition coefficient (Wildman–Crippen LogP) is 3.61. The Kier molecular flexibility index (Phi) is 3.58. The molecular weight excluding hydrogens is 330 g/mol. The summed E-state index contributed by atoms with van der Waals surface area (Å²) in [6, 6.07) is 8.99. The zero-order chi connectivity index (χ0) is 16.7. The molecule has 0 bridgehead atoms. The summed E-state index contributed by atoms with van der Waals surface area (Å²) in [5.74, 6) is 1.62. The molecule has 0 unspecified atom stereocenters. The van der Waals surface area contributed by atoms with Crippen molar-refractivity contribution in [1.82, 2.24) is 0 Å². The third-order valence-corrected chi connectivity index (χ3v) is 4.16. The van der Waals surface area contributed by atoms with E-state index >= 15 is 0 Å². The van der Waals surface area contributed by atoms with Gasteiger partial charge in [-0.05, 0) is 35.9 Å². The van der Waals surface area contributed by atoms with Gasteiger partial charge in [0, 0.05) is 16.2 Å². The largest absolute Gasteiger partial charge is 0.493 e. The topological polar surface area (TPSA) is 56.8 Å². The number of halogens is 1. The molecule has 0 aliphatic carbocycles. The summed E-state index contributed by atoms with van der Waals surface area (Å²) in [7, 11) is 1.57. The predicted molar refractivity (Wildman–Crippen MR) is 91.9 cm³/mol. The second-order valence-electron chi connectivity index (χ2n) is 5.45. The fourth-order valence-corrected chi connectivity index (χ4v) is 3.03. The fraction of sp³-hybridized carbons (Fsp3) is 0.167. The zero-order valence-corrected chi connectivity index (χ0v) is 13.6. The molecule has 1 amide bonds. The number of anilines is 1. The molecule has 0 aromatic heterocycles. The van der Waals surface area contributed by atoms with Crippen molar-refractivity contribution >= 4 is 34.8 Å². The number of ether oxygens (including phenoxy) is 3. The number of benzene rings is 2. The first kappa shape index (κ1) is 14.9. The van der Waals surface area contributed by atoms with Crippen LogP contribution in [0.25, 0.3) is 11.6 Å². The Labute approximate surface area is 143 Å². The number of fused-ring (bicyclic) bond motifs is 2. The van der Waals surface area contributed by atoms with Gasteiger partial charge in [-0.3, -0.25) is 4.79 Å². The lowest BCUT2D eigenvalue weighted by Crippen LogP contribution is -2.16. The molecule has 0 saturated heterocycles. The van der Waals surface area contributed by atoms with E-state index in [0.717, 1.165) is 11.1 Å². The van der Waals surface area contributed by atoms with Gasteiger partial charge in [-0.25, -0.2) is 0 Å². The fourth-order valence-electron chi connectivity index (χ4n) is 2.85. The maximum atomic E-state index is 12.3. The zero-order valence-electron chi connectivity index (χ0n) is 12.9. The normalized spacial score (nSPS) is 16.8. The van der Waals surface area contributed by atoms with E-state index < -0.39 is 0 Å². The second-order valence-corrected chi connectivity index (χ2v) is 5.89. The molecule has 0 radical (unpaired) electrons. The lowest BCUT2D eigenvalue weighted by Gasteiger charge is -2.21. The third kappa shape index (κ3) is 2.47. The van der Waals surface area contributed by atoms with Crippen molar-refractivity contribution < 1.29 is 19.0 Å². The monoisotopic (exact) mass is 343 g/mol. The molecule has 6 heteroatoms. The van der Waals surface area contributed by atoms with E-state index in [-0.39, 0.29) is 5.91 Å². The van der Waals surface area contributed by atoms with E-state index in [1.807, 2.05) is 18.2 Å². The van der Waals surface area contributed by atoms with Gasteiger partial charge < -0.3 is 19.5 Å². The van der Waals surface area contributed by atoms with Crippen molar-refractivity contribution in [1.29, 1.82) is 0 Å². The quantitative estimate of drug-likeness (QED) is 0.846. The molecular formula is C18H14ClNO4. The number of amides is 1. The molecule has 1 N–H and O–H groups in total. The first-order valence-corrected chi connectivity index (χ1v) is 7.84. The average Bonchev–Trinajstić information content (AvgIpc) is 2.88. The molecule has 24 heavy (non-hydrogen) atoms. The Bertz CT molecular complexity index is 858. The maximum Gasteiger partial charge on any atom is 0.256 e. The Hall–Kier alpha value is -2.66. The Morgan fingerprint density at radius 2 is 2.04 bits per heavy atom. The molecule has 0 saturated carbocycles. The van der Waals surface area contributed by atoms with Gasteiger partial charge in [-0.1, -0.05) is 17.7 Å². The smallest absolute Gasteiger partial charge is 0.256 e. The first-order chi connectivity index (χ1) is 11.7. The van der Waals surface area contributed by atoms with E-state index in [0.29, 0.717) is 46.7 Å². The lowest BCUT2D eigenvalue weighted by molar-refractivity contribution is -0.110. The van der Waals surface area contributed by atoms with Crippen LogP contribution in [-0.4, -0.2) is 26.2 Å². The van der Waals surface area contributed by atoms with Gasteiger partial charge >= 0.3 is 0 Å². The lowest BCUT2D eigenvalue weighted by atomic mass is 10.0. The van der Waals surface area contributed by atoms with Crippen molar-refractivity contribution in [3.8, 4) is 17.2 Å². The number of nitrogens with one attached hydrogen (secondary N) is 1. The van der Waals surface area contributed by atoms with Crippen LogP contribution in [0.1, 0.15) is 11.1 Å². The summed E-state index contributed by atoms with van der Waals surface area (Å²) >= 11 is 5.98. The summed E-state index contributed by atoms with van der Waals surface area (Å²) < 4.78 is 16.6. The van der Waals surface area contributed by atoms with Crippen LogP contribution in [0.5, 0.6) is 17.2 Å². The maximum absolute atomic E-state index is 12.3. The van der Waals surface area contributed by atoms with Crippen LogP contribution in [-0.2, 0) is 4.79 Å². The number of carbonyl (C=O) groups excluding carboxylic acids is 1. The summed E-state index contributed by atoms with van der Waals surface area (Å²) in [6.07, 6.45) is 1.80. The average molecular weight is 344 g/mol. The molecule has 4 rings (SSSR count). The number of hydrogen-bond acceptors (Lipinski definition) is 4.